The van der Waals surface area contributed by atoms with E-state index in [-0.39, 0.29) is 25.5 Å². The maximum Gasteiger partial charge on any atom is 0.417 e. The van der Waals surface area contributed by atoms with Gasteiger partial charge in [0.1, 0.15) is 12.2 Å². The largest absolute Gasteiger partial charge is 0.444 e. The second kappa shape index (κ2) is 11.2. The van der Waals surface area contributed by atoms with E-state index in [9.17, 15) is 9.59 Å². The van der Waals surface area contributed by atoms with E-state index in [1.807, 2.05) is 121 Å². The second-order valence-electron chi connectivity index (χ2n) is 9.09. The first-order valence-corrected chi connectivity index (χ1v) is 12.5. The lowest BCUT2D eigenvalue weighted by Gasteiger charge is -2.37. The van der Waals surface area contributed by atoms with Gasteiger partial charge in [0.05, 0.1) is 12.6 Å². The smallest absolute Gasteiger partial charge is 0.417 e. The Balaban J connectivity index is 1.45. The SMILES string of the molecule is O=C1CC[C@@H](COC(c2ccccc2)(c2ccccc2)c2ccccc2)N1C(=O)OCc1ccccc1. The normalized spacial score (nSPS) is 15.5. The summed E-state index contributed by atoms with van der Waals surface area (Å²) in [6, 6.07) is 39.2. The molecule has 1 heterocycles. The molecule has 4 aromatic carbocycles. The third-order valence-corrected chi connectivity index (χ3v) is 6.76. The van der Waals surface area contributed by atoms with E-state index >= 15 is 0 Å². The molecule has 0 unspecified atom stereocenters. The van der Waals surface area contributed by atoms with Crippen molar-refractivity contribution in [2.45, 2.75) is 31.1 Å². The molecule has 0 N–H and O–H groups in total. The van der Waals surface area contributed by atoms with Crippen LogP contribution in [-0.4, -0.2) is 29.5 Å². The highest BCUT2D eigenvalue weighted by Crippen LogP contribution is 2.41. The number of benzene rings is 4. The van der Waals surface area contributed by atoms with E-state index in [2.05, 4.69) is 0 Å². The van der Waals surface area contributed by atoms with Crippen LogP contribution >= 0.6 is 0 Å². The topological polar surface area (TPSA) is 55.8 Å². The minimum Gasteiger partial charge on any atom is -0.444 e. The van der Waals surface area contributed by atoms with Crippen LogP contribution in [-0.2, 0) is 26.5 Å². The first-order valence-electron chi connectivity index (χ1n) is 12.5. The van der Waals surface area contributed by atoms with Gasteiger partial charge in [0.25, 0.3) is 0 Å². The van der Waals surface area contributed by atoms with Gasteiger partial charge in [0.2, 0.25) is 5.91 Å². The summed E-state index contributed by atoms with van der Waals surface area (Å²) < 4.78 is 12.4. The van der Waals surface area contributed by atoms with Crippen LogP contribution in [0.1, 0.15) is 35.1 Å². The monoisotopic (exact) mass is 491 g/mol. The van der Waals surface area contributed by atoms with E-state index in [0.717, 1.165) is 22.3 Å². The summed E-state index contributed by atoms with van der Waals surface area (Å²) in [5.74, 6) is -0.239. The maximum absolute atomic E-state index is 13.0. The average molecular weight is 492 g/mol. The summed E-state index contributed by atoms with van der Waals surface area (Å²) >= 11 is 0. The quantitative estimate of drug-likeness (QED) is 0.271. The van der Waals surface area contributed by atoms with Crippen LogP contribution in [0.5, 0.6) is 0 Å². The lowest BCUT2D eigenvalue weighted by Crippen LogP contribution is -2.44. The Morgan fingerprint density at radius 3 is 1.68 bits per heavy atom. The molecule has 186 valence electrons. The van der Waals surface area contributed by atoms with Crippen molar-refractivity contribution >= 4 is 12.0 Å². The van der Waals surface area contributed by atoms with Crippen molar-refractivity contribution in [3.63, 3.8) is 0 Å². The van der Waals surface area contributed by atoms with Crippen LogP contribution in [0, 0.1) is 0 Å². The highest BCUT2D eigenvalue weighted by atomic mass is 16.6. The first-order chi connectivity index (χ1) is 18.2. The molecule has 0 bridgehead atoms. The van der Waals surface area contributed by atoms with Gasteiger partial charge in [0.15, 0.2) is 0 Å². The van der Waals surface area contributed by atoms with Gasteiger partial charge in [-0.25, -0.2) is 9.69 Å². The maximum atomic E-state index is 13.0. The van der Waals surface area contributed by atoms with Crippen molar-refractivity contribution in [1.29, 1.82) is 0 Å². The highest BCUT2D eigenvalue weighted by Gasteiger charge is 2.42. The molecule has 0 aromatic heterocycles. The molecule has 37 heavy (non-hydrogen) atoms. The minimum atomic E-state index is -0.922. The molecule has 0 radical (unpaired) electrons. The third kappa shape index (κ3) is 5.18. The molecule has 5 rings (SSSR count). The molecular weight excluding hydrogens is 462 g/mol. The molecule has 5 nitrogen and oxygen atoms in total. The van der Waals surface area contributed by atoms with E-state index in [0.29, 0.717) is 6.42 Å². The van der Waals surface area contributed by atoms with E-state index in [1.54, 1.807) is 0 Å². The van der Waals surface area contributed by atoms with Crippen LogP contribution in [0.3, 0.4) is 0 Å². The van der Waals surface area contributed by atoms with Crippen LogP contribution < -0.4 is 0 Å². The van der Waals surface area contributed by atoms with Gasteiger partial charge in [-0.2, -0.15) is 0 Å². The van der Waals surface area contributed by atoms with Gasteiger partial charge in [-0.1, -0.05) is 121 Å². The fourth-order valence-corrected chi connectivity index (χ4v) is 4.93. The Morgan fingerprint density at radius 2 is 1.19 bits per heavy atom. The Labute approximate surface area is 217 Å². The van der Waals surface area contributed by atoms with E-state index in [4.69, 9.17) is 9.47 Å². The lowest BCUT2D eigenvalue weighted by molar-refractivity contribution is -0.128. The van der Waals surface area contributed by atoms with Crippen LogP contribution in [0.25, 0.3) is 0 Å². The predicted octanol–water partition coefficient (Wildman–Crippen LogP) is 6.32. The number of nitrogens with zero attached hydrogens (tertiary/aromatic N) is 1. The number of carbonyl (C=O) groups excluding carboxylic acids is 2. The lowest BCUT2D eigenvalue weighted by atomic mass is 9.80. The molecule has 1 aliphatic heterocycles. The van der Waals surface area contributed by atoms with Gasteiger partial charge in [-0.05, 0) is 28.7 Å². The third-order valence-electron chi connectivity index (χ3n) is 6.76. The summed E-state index contributed by atoms with van der Waals surface area (Å²) in [7, 11) is 0. The van der Waals surface area contributed by atoms with Crippen molar-refractivity contribution in [3.8, 4) is 0 Å². The van der Waals surface area contributed by atoms with Crippen molar-refractivity contribution < 1.29 is 19.1 Å². The van der Waals surface area contributed by atoms with Gasteiger partial charge in [-0.15, -0.1) is 0 Å². The second-order valence-corrected chi connectivity index (χ2v) is 9.09. The summed E-state index contributed by atoms with van der Waals surface area (Å²) in [4.78, 5) is 27.0. The molecule has 1 atom stereocenters. The van der Waals surface area contributed by atoms with Crippen LogP contribution in [0.15, 0.2) is 121 Å². The molecule has 1 aliphatic rings. The summed E-state index contributed by atoms with van der Waals surface area (Å²) in [6.07, 6.45) is 0.168. The molecule has 2 amide bonds. The van der Waals surface area contributed by atoms with Gasteiger partial charge < -0.3 is 9.47 Å². The van der Waals surface area contributed by atoms with Crippen LogP contribution in [0.4, 0.5) is 4.79 Å². The first kappa shape index (κ1) is 24.5. The summed E-state index contributed by atoms with van der Waals surface area (Å²) in [5.41, 5.74) is 2.85. The number of rotatable bonds is 8. The fourth-order valence-electron chi connectivity index (χ4n) is 4.93. The number of hydrogen-bond donors (Lipinski definition) is 0. The number of carbonyl (C=O) groups is 2. The minimum absolute atomic E-state index is 0.110. The fraction of sp³-hybridized carbons (Fsp3) is 0.188. The number of hydrogen-bond acceptors (Lipinski definition) is 4. The molecular formula is C32H29NO4. The molecule has 4 aromatic rings. The molecule has 1 saturated heterocycles. The van der Waals surface area contributed by atoms with Gasteiger partial charge >= 0.3 is 6.09 Å². The molecule has 0 aliphatic carbocycles. The zero-order valence-electron chi connectivity index (χ0n) is 20.5. The zero-order valence-corrected chi connectivity index (χ0v) is 20.5. The Kier molecular flexibility index (Phi) is 7.43. The van der Waals surface area contributed by atoms with Crippen molar-refractivity contribution in [1.82, 2.24) is 4.90 Å². The van der Waals surface area contributed by atoms with E-state index < -0.39 is 17.7 Å². The number of likely N-dealkylation sites (tertiary alicyclic amines) is 1. The number of ether oxygens (including phenoxy) is 2. The molecule has 1 fully saturated rings. The van der Waals surface area contributed by atoms with Gasteiger partial charge in [0, 0.05) is 6.42 Å². The van der Waals surface area contributed by atoms with E-state index in [1.165, 1.54) is 4.90 Å². The zero-order chi connectivity index (χ0) is 25.5. The Bertz CT molecular complexity index is 1210. The Morgan fingerprint density at radius 1 is 0.730 bits per heavy atom. The Hall–Kier alpha value is -4.22. The number of imide groups is 1. The highest BCUT2D eigenvalue weighted by molar-refractivity contribution is 5.94. The van der Waals surface area contributed by atoms with Crippen molar-refractivity contribution in [2.75, 3.05) is 6.61 Å². The predicted molar refractivity (Wildman–Crippen MR) is 142 cm³/mol. The summed E-state index contributed by atoms with van der Waals surface area (Å²) in [5, 5.41) is 0. The molecule has 0 spiro atoms. The van der Waals surface area contributed by atoms with Gasteiger partial charge in [-0.3, -0.25) is 4.79 Å². The van der Waals surface area contributed by atoms with Crippen molar-refractivity contribution in [3.05, 3.63) is 144 Å². The average Bonchev–Trinajstić information content (AvgIpc) is 3.34. The van der Waals surface area contributed by atoms with Crippen LogP contribution in [0.2, 0.25) is 0 Å². The molecule has 0 saturated carbocycles. The number of amides is 2. The summed E-state index contributed by atoms with van der Waals surface area (Å²) in [6.45, 7) is 0.282. The molecule has 5 heteroatoms. The van der Waals surface area contributed by atoms with Crippen molar-refractivity contribution in [2.24, 2.45) is 0 Å². The standard InChI is InChI=1S/C32H29NO4/c34-30-22-21-29(33(30)31(35)36-23-25-13-5-1-6-14-25)24-37-32(26-15-7-2-8-16-26,27-17-9-3-10-18-27)28-19-11-4-12-20-28/h1-20,29H,21-24H2/t29-/m0/s1.